The number of nitrogens with zero attached hydrogens (tertiary/aromatic N) is 1. The number of hydrogen-bond acceptors (Lipinski definition) is 3. The average molecular weight is 578 g/mol. The number of aliphatic carboxylic acids is 1. The van der Waals surface area contributed by atoms with Gasteiger partial charge in [0.05, 0.1) is 0 Å². The van der Waals surface area contributed by atoms with Crippen LogP contribution in [0.5, 0.6) is 0 Å². The molecular formula is C26H30Br2N2O3. The van der Waals surface area contributed by atoms with Crippen molar-refractivity contribution in [2.24, 2.45) is 0 Å². The minimum absolute atomic E-state index is 0.123. The summed E-state index contributed by atoms with van der Waals surface area (Å²) in [5, 5.41) is 11.6. The van der Waals surface area contributed by atoms with Gasteiger partial charge in [0.25, 0.3) is 0 Å². The number of hydrogen-bond donors (Lipinski definition) is 2. The molecule has 2 aromatic carbocycles. The van der Waals surface area contributed by atoms with Gasteiger partial charge < -0.3 is 15.3 Å². The van der Waals surface area contributed by atoms with Crippen LogP contribution in [0.1, 0.15) is 36.8 Å². The summed E-state index contributed by atoms with van der Waals surface area (Å²) in [5.41, 5.74) is 1.91. The Morgan fingerprint density at radius 1 is 0.818 bits per heavy atom. The van der Waals surface area contributed by atoms with Crippen molar-refractivity contribution in [1.82, 2.24) is 10.2 Å². The monoisotopic (exact) mass is 576 g/mol. The summed E-state index contributed by atoms with van der Waals surface area (Å²) < 4.78 is 1.97. The highest BCUT2D eigenvalue weighted by molar-refractivity contribution is 9.10. The fourth-order valence-corrected chi connectivity index (χ4v) is 4.06. The lowest BCUT2D eigenvalue weighted by Gasteiger charge is -2.11. The highest BCUT2D eigenvalue weighted by atomic mass is 79.9. The summed E-state index contributed by atoms with van der Waals surface area (Å²) in [7, 11) is 0. The number of halogens is 2. The molecule has 4 rings (SSSR count). The second-order valence-corrected chi connectivity index (χ2v) is 9.44. The van der Waals surface area contributed by atoms with Crippen LogP contribution in [0.2, 0.25) is 0 Å². The van der Waals surface area contributed by atoms with E-state index in [1.54, 1.807) is 12.2 Å². The Balaban J connectivity index is 0.000000198. The van der Waals surface area contributed by atoms with Gasteiger partial charge in [-0.2, -0.15) is 0 Å². The first-order valence-electron chi connectivity index (χ1n) is 11.0. The zero-order chi connectivity index (χ0) is 23.9. The summed E-state index contributed by atoms with van der Waals surface area (Å²) in [4.78, 5) is 23.8. The fraction of sp³-hybridized carbons (Fsp3) is 0.308. The second-order valence-electron chi connectivity index (χ2n) is 7.60. The lowest BCUT2D eigenvalue weighted by Crippen LogP contribution is -2.25. The molecule has 0 radical (unpaired) electrons. The van der Waals surface area contributed by atoms with Crippen LogP contribution in [0.25, 0.3) is 12.2 Å². The number of carbonyl (C=O) groups excluding carboxylic acids is 1. The van der Waals surface area contributed by atoms with Crippen LogP contribution in [0, 0.1) is 0 Å². The zero-order valence-corrected chi connectivity index (χ0v) is 21.7. The van der Waals surface area contributed by atoms with Crippen LogP contribution in [-0.4, -0.2) is 48.1 Å². The van der Waals surface area contributed by atoms with E-state index < -0.39 is 5.97 Å². The number of carboxylic acid groups (broad SMARTS) is 1. The number of carboxylic acids is 1. The summed E-state index contributed by atoms with van der Waals surface area (Å²) in [6.07, 6.45) is 11.2. The summed E-state index contributed by atoms with van der Waals surface area (Å²) >= 11 is 6.69. The number of carbonyl (C=O) groups is 2. The molecule has 2 aliphatic heterocycles. The first kappa shape index (κ1) is 27.0. The van der Waals surface area contributed by atoms with E-state index >= 15 is 0 Å². The standard InChI is InChI=1S/C13H14BrNO.C9H7BrO2.C4H9N/c14-12-5-3-4-11(10-12)6-7-13(16)15-8-1-2-9-15;10-8-3-1-2-7(6-8)4-5-9(11)12;1-2-4-5-3-1/h3-7,10H,1-2,8-9H2;1-6H,(H,11,12);5H,1-4H2/b7-6+;5-4+;. The van der Waals surface area contributed by atoms with Crippen molar-refractivity contribution < 1.29 is 14.7 Å². The van der Waals surface area contributed by atoms with Gasteiger partial charge in [0, 0.05) is 34.2 Å². The third-order valence-electron chi connectivity index (χ3n) is 4.91. The molecular weight excluding hydrogens is 548 g/mol. The molecule has 0 bridgehead atoms. The highest BCUT2D eigenvalue weighted by Crippen LogP contribution is 2.14. The molecule has 176 valence electrons. The Bertz CT molecular complexity index is 942. The third kappa shape index (κ3) is 12.0. The average Bonchev–Trinajstić information content (AvgIpc) is 3.54. The topological polar surface area (TPSA) is 69.6 Å². The fourth-order valence-electron chi connectivity index (χ4n) is 3.22. The third-order valence-corrected chi connectivity index (χ3v) is 5.90. The first-order valence-corrected chi connectivity index (χ1v) is 12.6. The van der Waals surface area contributed by atoms with Gasteiger partial charge in [-0.3, -0.25) is 4.79 Å². The lowest BCUT2D eigenvalue weighted by molar-refractivity contribution is -0.131. The highest BCUT2D eigenvalue weighted by Gasteiger charge is 2.14. The van der Waals surface area contributed by atoms with Crippen molar-refractivity contribution in [1.29, 1.82) is 0 Å². The van der Waals surface area contributed by atoms with E-state index in [9.17, 15) is 9.59 Å². The zero-order valence-electron chi connectivity index (χ0n) is 18.6. The van der Waals surface area contributed by atoms with E-state index in [-0.39, 0.29) is 5.91 Å². The van der Waals surface area contributed by atoms with Crippen LogP contribution in [0.15, 0.2) is 69.6 Å². The molecule has 33 heavy (non-hydrogen) atoms. The van der Waals surface area contributed by atoms with E-state index in [2.05, 4.69) is 37.2 Å². The maximum absolute atomic E-state index is 11.7. The Labute approximate surface area is 212 Å². The molecule has 2 saturated heterocycles. The normalized spacial score (nSPS) is 15.2. The number of benzene rings is 2. The molecule has 2 heterocycles. The number of rotatable bonds is 4. The molecule has 0 unspecified atom stereocenters. The van der Waals surface area contributed by atoms with Crippen molar-refractivity contribution in [2.45, 2.75) is 25.7 Å². The van der Waals surface area contributed by atoms with E-state index in [0.29, 0.717) is 0 Å². The molecule has 0 saturated carbocycles. The SMILES string of the molecule is C1CCNC1.O=C(/C=C/c1cccc(Br)c1)N1CCCC1.O=C(O)/C=C/c1cccc(Br)c1. The Morgan fingerprint density at radius 3 is 1.76 bits per heavy atom. The van der Waals surface area contributed by atoms with Gasteiger partial charge in [-0.15, -0.1) is 0 Å². The van der Waals surface area contributed by atoms with Crippen LogP contribution in [-0.2, 0) is 9.59 Å². The maximum Gasteiger partial charge on any atom is 0.328 e. The summed E-state index contributed by atoms with van der Waals surface area (Å²) in [6, 6.07) is 15.3. The molecule has 5 nitrogen and oxygen atoms in total. The summed E-state index contributed by atoms with van der Waals surface area (Å²) in [6.45, 7) is 4.31. The molecule has 0 spiro atoms. The van der Waals surface area contributed by atoms with E-state index in [4.69, 9.17) is 5.11 Å². The molecule has 7 heteroatoms. The maximum atomic E-state index is 11.7. The molecule has 2 aliphatic rings. The van der Waals surface area contributed by atoms with Crippen molar-refractivity contribution in [2.75, 3.05) is 26.2 Å². The van der Waals surface area contributed by atoms with Gasteiger partial charge >= 0.3 is 5.97 Å². The lowest BCUT2D eigenvalue weighted by atomic mass is 10.2. The van der Waals surface area contributed by atoms with E-state index in [1.165, 1.54) is 25.9 Å². The predicted molar refractivity (Wildman–Crippen MR) is 142 cm³/mol. The molecule has 1 amide bonds. The van der Waals surface area contributed by atoms with Crippen LogP contribution in [0.4, 0.5) is 0 Å². The molecule has 2 fully saturated rings. The van der Waals surface area contributed by atoms with Gasteiger partial charge in [0.2, 0.25) is 5.91 Å². The van der Waals surface area contributed by atoms with Crippen molar-refractivity contribution >= 4 is 55.9 Å². The minimum Gasteiger partial charge on any atom is -0.478 e. The minimum atomic E-state index is -0.935. The summed E-state index contributed by atoms with van der Waals surface area (Å²) in [5.74, 6) is -0.813. The quantitative estimate of drug-likeness (QED) is 0.437. The van der Waals surface area contributed by atoms with Gasteiger partial charge in [0.1, 0.15) is 0 Å². The molecule has 0 aromatic heterocycles. The van der Waals surface area contributed by atoms with E-state index in [0.717, 1.165) is 52.1 Å². The second kappa shape index (κ2) is 15.6. The molecule has 2 aromatic rings. The van der Waals surface area contributed by atoms with Gasteiger partial charge in [-0.1, -0.05) is 56.1 Å². The van der Waals surface area contributed by atoms with Crippen molar-refractivity contribution in [3.05, 3.63) is 80.8 Å². The van der Waals surface area contributed by atoms with Gasteiger partial charge in [-0.05, 0) is 86.3 Å². The Kier molecular flexibility index (Phi) is 12.8. The van der Waals surface area contributed by atoms with Crippen LogP contribution in [0.3, 0.4) is 0 Å². The van der Waals surface area contributed by atoms with Crippen LogP contribution < -0.4 is 5.32 Å². The first-order chi connectivity index (χ1) is 15.9. The molecule has 2 N–H and O–H groups in total. The van der Waals surface area contributed by atoms with Crippen molar-refractivity contribution in [3.63, 3.8) is 0 Å². The van der Waals surface area contributed by atoms with E-state index in [1.807, 2.05) is 59.5 Å². The van der Waals surface area contributed by atoms with Crippen molar-refractivity contribution in [3.8, 4) is 0 Å². The van der Waals surface area contributed by atoms with Gasteiger partial charge in [-0.25, -0.2) is 4.79 Å². The largest absolute Gasteiger partial charge is 0.478 e. The number of likely N-dealkylation sites (tertiary alicyclic amines) is 1. The number of nitrogens with one attached hydrogen (secondary N) is 1. The molecule has 0 atom stereocenters. The predicted octanol–water partition coefficient (Wildman–Crippen LogP) is 6.00. The van der Waals surface area contributed by atoms with Crippen LogP contribution >= 0.6 is 31.9 Å². The Hall–Kier alpha value is -2.22. The smallest absolute Gasteiger partial charge is 0.328 e. The number of amides is 1. The Morgan fingerprint density at radius 2 is 1.33 bits per heavy atom. The molecule has 0 aliphatic carbocycles. The van der Waals surface area contributed by atoms with Gasteiger partial charge in [0.15, 0.2) is 0 Å².